The molecule has 1 aliphatic rings. The second-order valence-corrected chi connectivity index (χ2v) is 5.26. The van der Waals surface area contributed by atoms with Crippen molar-refractivity contribution >= 4 is 5.96 Å². The highest BCUT2D eigenvalue weighted by molar-refractivity contribution is 5.80. The molecule has 98 valence electrons. The molecule has 0 amide bonds. The molecule has 1 aromatic carbocycles. The molecule has 0 bridgehead atoms. The SMILES string of the molecule is Cc1cc(F)ccc1C1CN=C(N)N1CC(C)C. The van der Waals surface area contributed by atoms with Crippen LogP contribution in [0, 0.1) is 18.7 Å². The van der Waals surface area contributed by atoms with E-state index in [0.717, 1.165) is 17.7 Å². The van der Waals surface area contributed by atoms with Gasteiger partial charge in [-0.25, -0.2) is 4.39 Å². The molecule has 0 aliphatic carbocycles. The Morgan fingerprint density at radius 1 is 1.50 bits per heavy atom. The topological polar surface area (TPSA) is 41.6 Å². The van der Waals surface area contributed by atoms with Gasteiger partial charge in [-0.05, 0) is 36.1 Å². The fourth-order valence-electron chi connectivity index (χ4n) is 2.42. The quantitative estimate of drug-likeness (QED) is 0.894. The summed E-state index contributed by atoms with van der Waals surface area (Å²) in [6, 6.07) is 5.06. The third-order valence-electron chi connectivity index (χ3n) is 3.25. The van der Waals surface area contributed by atoms with Gasteiger partial charge in [0.2, 0.25) is 0 Å². The van der Waals surface area contributed by atoms with Gasteiger partial charge in [-0.15, -0.1) is 0 Å². The van der Waals surface area contributed by atoms with E-state index >= 15 is 0 Å². The van der Waals surface area contributed by atoms with E-state index in [0.29, 0.717) is 18.4 Å². The van der Waals surface area contributed by atoms with Crippen LogP contribution in [0.1, 0.15) is 31.0 Å². The molecule has 1 aromatic rings. The third kappa shape index (κ3) is 2.47. The van der Waals surface area contributed by atoms with Gasteiger partial charge in [-0.1, -0.05) is 19.9 Å². The number of aryl methyl sites for hydroxylation is 1. The minimum Gasteiger partial charge on any atom is -0.370 e. The van der Waals surface area contributed by atoms with Gasteiger partial charge in [0.15, 0.2) is 5.96 Å². The van der Waals surface area contributed by atoms with E-state index < -0.39 is 0 Å². The Morgan fingerprint density at radius 3 is 2.83 bits per heavy atom. The van der Waals surface area contributed by atoms with Crippen molar-refractivity contribution in [2.24, 2.45) is 16.6 Å². The van der Waals surface area contributed by atoms with Crippen LogP contribution >= 0.6 is 0 Å². The number of hydrogen-bond donors (Lipinski definition) is 1. The molecule has 1 unspecified atom stereocenters. The lowest BCUT2D eigenvalue weighted by atomic mass is 10.00. The Labute approximate surface area is 108 Å². The first kappa shape index (κ1) is 12.9. The molecular weight excluding hydrogens is 229 g/mol. The lowest BCUT2D eigenvalue weighted by molar-refractivity contribution is 0.308. The molecule has 18 heavy (non-hydrogen) atoms. The summed E-state index contributed by atoms with van der Waals surface area (Å²) >= 11 is 0. The largest absolute Gasteiger partial charge is 0.370 e. The lowest BCUT2D eigenvalue weighted by Crippen LogP contribution is -2.38. The summed E-state index contributed by atoms with van der Waals surface area (Å²) < 4.78 is 13.2. The van der Waals surface area contributed by atoms with Crippen LogP contribution in [-0.4, -0.2) is 23.9 Å². The summed E-state index contributed by atoms with van der Waals surface area (Å²) in [5, 5.41) is 0. The van der Waals surface area contributed by atoms with Crippen molar-refractivity contribution < 1.29 is 4.39 Å². The molecule has 0 aromatic heterocycles. The Hall–Kier alpha value is -1.58. The molecule has 2 rings (SSSR count). The molecule has 1 aliphatic heterocycles. The molecule has 2 N–H and O–H groups in total. The van der Waals surface area contributed by atoms with Crippen molar-refractivity contribution in [3.05, 3.63) is 35.1 Å². The van der Waals surface area contributed by atoms with Crippen molar-refractivity contribution in [1.29, 1.82) is 0 Å². The Bertz CT molecular complexity index is 468. The fourth-order valence-corrected chi connectivity index (χ4v) is 2.42. The first-order chi connectivity index (χ1) is 8.49. The van der Waals surface area contributed by atoms with Crippen LogP contribution in [0.15, 0.2) is 23.2 Å². The summed E-state index contributed by atoms with van der Waals surface area (Å²) in [5.41, 5.74) is 8.01. The number of benzene rings is 1. The molecule has 0 fully saturated rings. The van der Waals surface area contributed by atoms with E-state index in [2.05, 4.69) is 23.7 Å². The highest BCUT2D eigenvalue weighted by Crippen LogP contribution is 2.28. The van der Waals surface area contributed by atoms with Crippen molar-refractivity contribution in [3.63, 3.8) is 0 Å². The van der Waals surface area contributed by atoms with E-state index in [1.807, 2.05) is 13.0 Å². The molecule has 0 saturated carbocycles. The summed E-state index contributed by atoms with van der Waals surface area (Å²) in [6.45, 7) is 7.77. The van der Waals surface area contributed by atoms with E-state index in [-0.39, 0.29) is 11.9 Å². The zero-order valence-electron chi connectivity index (χ0n) is 11.2. The van der Waals surface area contributed by atoms with Gasteiger partial charge in [0, 0.05) is 6.54 Å². The highest BCUT2D eigenvalue weighted by Gasteiger charge is 2.28. The molecule has 0 spiro atoms. The zero-order valence-corrected chi connectivity index (χ0v) is 11.2. The van der Waals surface area contributed by atoms with Crippen molar-refractivity contribution in [1.82, 2.24) is 4.90 Å². The van der Waals surface area contributed by atoms with Crippen LogP contribution in [-0.2, 0) is 0 Å². The predicted molar refractivity (Wildman–Crippen MR) is 71.9 cm³/mol. The first-order valence-corrected chi connectivity index (χ1v) is 6.31. The Morgan fingerprint density at radius 2 is 2.22 bits per heavy atom. The monoisotopic (exact) mass is 249 g/mol. The zero-order chi connectivity index (χ0) is 13.3. The lowest BCUT2D eigenvalue weighted by Gasteiger charge is -2.29. The van der Waals surface area contributed by atoms with Gasteiger partial charge in [0.25, 0.3) is 0 Å². The summed E-state index contributed by atoms with van der Waals surface area (Å²) in [7, 11) is 0. The molecule has 0 saturated heterocycles. The standard InChI is InChI=1S/C14H20FN3/c1-9(2)8-18-13(7-17-14(18)16)12-5-4-11(15)6-10(12)3/h4-6,9,13H,7-8H2,1-3H3,(H2,16,17). The molecule has 1 atom stereocenters. The van der Waals surface area contributed by atoms with Crippen LogP contribution in [0.4, 0.5) is 4.39 Å². The minimum atomic E-state index is -0.196. The molecule has 1 heterocycles. The van der Waals surface area contributed by atoms with Crippen LogP contribution < -0.4 is 5.73 Å². The number of rotatable bonds is 3. The van der Waals surface area contributed by atoms with E-state index in [9.17, 15) is 4.39 Å². The normalized spacial score (nSPS) is 19.5. The van der Waals surface area contributed by atoms with Gasteiger partial charge in [-0.2, -0.15) is 0 Å². The number of nitrogens with two attached hydrogens (primary N) is 1. The Kier molecular flexibility index (Phi) is 3.55. The van der Waals surface area contributed by atoms with Crippen LogP contribution in [0.25, 0.3) is 0 Å². The van der Waals surface area contributed by atoms with Crippen molar-refractivity contribution in [3.8, 4) is 0 Å². The number of nitrogens with zero attached hydrogens (tertiary/aromatic N) is 2. The third-order valence-corrected chi connectivity index (χ3v) is 3.25. The first-order valence-electron chi connectivity index (χ1n) is 6.31. The van der Waals surface area contributed by atoms with Gasteiger partial charge in [0.1, 0.15) is 5.82 Å². The smallest absolute Gasteiger partial charge is 0.191 e. The van der Waals surface area contributed by atoms with Gasteiger partial charge < -0.3 is 10.6 Å². The molecule has 3 nitrogen and oxygen atoms in total. The maximum atomic E-state index is 13.2. The van der Waals surface area contributed by atoms with E-state index in [1.54, 1.807) is 6.07 Å². The summed E-state index contributed by atoms with van der Waals surface area (Å²) in [6.07, 6.45) is 0. The fraction of sp³-hybridized carbons (Fsp3) is 0.500. The Balaban J connectivity index is 2.27. The van der Waals surface area contributed by atoms with Crippen molar-refractivity contribution in [2.45, 2.75) is 26.8 Å². The van der Waals surface area contributed by atoms with Crippen LogP contribution in [0.5, 0.6) is 0 Å². The number of halogens is 1. The van der Waals surface area contributed by atoms with Gasteiger partial charge in [0.05, 0.1) is 12.6 Å². The number of hydrogen-bond acceptors (Lipinski definition) is 3. The summed E-state index contributed by atoms with van der Waals surface area (Å²) in [5.74, 6) is 0.913. The van der Waals surface area contributed by atoms with E-state index in [1.165, 1.54) is 6.07 Å². The highest BCUT2D eigenvalue weighted by atomic mass is 19.1. The average molecular weight is 249 g/mol. The maximum absolute atomic E-state index is 13.2. The molecule has 4 heteroatoms. The van der Waals surface area contributed by atoms with Crippen molar-refractivity contribution in [2.75, 3.05) is 13.1 Å². The number of guanidine groups is 1. The average Bonchev–Trinajstić information content (AvgIpc) is 2.60. The second kappa shape index (κ2) is 4.96. The van der Waals surface area contributed by atoms with Gasteiger partial charge in [-0.3, -0.25) is 4.99 Å². The van der Waals surface area contributed by atoms with Crippen LogP contribution in [0.2, 0.25) is 0 Å². The summed E-state index contributed by atoms with van der Waals surface area (Å²) in [4.78, 5) is 6.43. The van der Waals surface area contributed by atoms with E-state index in [4.69, 9.17) is 5.73 Å². The van der Waals surface area contributed by atoms with Crippen LogP contribution in [0.3, 0.4) is 0 Å². The second-order valence-electron chi connectivity index (χ2n) is 5.26. The molecular formula is C14H20FN3. The molecule has 0 radical (unpaired) electrons. The minimum absolute atomic E-state index is 0.146. The number of aliphatic imine (C=N–C) groups is 1. The van der Waals surface area contributed by atoms with Gasteiger partial charge >= 0.3 is 0 Å². The maximum Gasteiger partial charge on any atom is 0.191 e. The predicted octanol–water partition coefficient (Wildman–Crippen LogP) is 2.46.